The number of hydrogen-bond acceptors (Lipinski definition) is 8. The summed E-state index contributed by atoms with van der Waals surface area (Å²) >= 11 is 2.65. The summed E-state index contributed by atoms with van der Waals surface area (Å²) in [6.45, 7) is 5.44. The molecular weight excluding hydrogens is 472 g/mol. The Morgan fingerprint density at radius 2 is 1.68 bits per heavy atom. The highest BCUT2D eigenvalue weighted by atomic mass is 32.2. The van der Waals surface area contributed by atoms with Gasteiger partial charge in [0.15, 0.2) is 6.61 Å². The van der Waals surface area contributed by atoms with Gasteiger partial charge < -0.3 is 19.5 Å². The van der Waals surface area contributed by atoms with Crippen LogP contribution in [0, 0.1) is 0 Å². The maximum absolute atomic E-state index is 12.4. The minimum atomic E-state index is -0.619. The summed E-state index contributed by atoms with van der Waals surface area (Å²) in [5.41, 5.74) is 2.24. The zero-order valence-electron chi connectivity index (χ0n) is 19.5. The van der Waals surface area contributed by atoms with Crippen molar-refractivity contribution in [1.82, 2.24) is 0 Å². The Kier molecular flexibility index (Phi) is 11.2. The number of amides is 1. The second kappa shape index (κ2) is 14.1. The highest BCUT2D eigenvalue weighted by Crippen LogP contribution is 2.36. The van der Waals surface area contributed by atoms with Crippen LogP contribution in [0.3, 0.4) is 0 Å². The smallest absolute Gasteiger partial charge is 0.341 e. The van der Waals surface area contributed by atoms with Crippen LogP contribution in [0.15, 0.2) is 60.7 Å². The lowest BCUT2D eigenvalue weighted by atomic mass is 10.1. The fourth-order valence-electron chi connectivity index (χ4n) is 2.79. The SMILES string of the molecule is CC.CCOC(=O)c1cc(-c2ccccc2)sc1NC(=O)COC(=O)c1cccc(NSC)c1. The van der Waals surface area contributed by atoms with Crippen molar-refractivity contribution >= 4 is 51.8 Å². The molecule has 1 amide bonds. The molecule has 1 heterocycles. The van der Waals surface area contributed by atoms with Gasteiger partial charge in [0.25, 0.3) is 5.91 Å². The summed E-state index contributed by atoms with van der Waals surface area (Å²) in [5.74, 6) is -1.70. The van der Waals surface area contributed by atoms with Crippen LogP contribution in [-0.4, -0.2) is 37.3 Å². The number of rotatable bonds is 9. The van der Waals surface area contributed by atoms with E-state index >= 15 is 0 Å². The van der Waals surface area contributed by atoms with Gasteiger partial charge >= 0.3 is 11.9 Å². The van der Waals surface area contributed by atoms with Gasteiger partial charge in [0.1, 0.15) is 5.00 Å². The number of carbonyl (C=O) groups excluding carboxylic acids is 3. The van der Waals surface area contributed by atoms with Crippen LogP contribution >= 0.6 is 23.3 Å². The van der Waals surface area contributed by atoms with E-state index in [0.717, 1.165) is 16.1 Å². The molecule has 0 saturated heterocycles. The number of anilines is 2. The van der Waals surface area contributed by atoms with E-state index < -0.39 is 24.5 Å². The molecule has 0 atom stereocenters. The molecule has 7 nitrogen and oxygen atoms in total. The van der Waals surface area contributed by atoms with E-state index in [9.17, 15) is 14.4 Å². The van der Waals surface area contributed by atoms with Crippen LogP contribution in [0.5, 0.6) is 0 Å². The normalized spacial score (nSPS) is 9.88. The van der Waals surface area contributed by atoms with E-state index in [4.69, 9.17) is 9.47 Å². The maximum Gasteiger partial charge on any atom is 0.341 e. The second-order valence-corrected chi connectivity index (χ2v) is 8.12. The molecule has 0 bridgehead atoms. The summed E-state index contributed by atoms with van der Waals surface area (Å²) in [7, 11) is 0. The van der Waals surface area contributed by atoms with Crippen molar-refractivity contribution in [3.8, 4) is 10.4 Å². The first-order chi connectivity index (χ1) is 16.5. The minimum Gasteiger partial charge on any atom is -0.462 e. The predicted octanol–water partition coefficient (Wildman–Crippen LogP) is 6.10. The number of carbonyl (C=O) groups is 3. The zero-order chi connectivity index (χ0) is 24.9. The van der Waals surface area contributed by atoms with E-state index in [-0.39, 0.29) is 12.2 Å². The molecule has 0 aliphatic heterocycles. The molecule has 0 saturated carbocycles. The molecule has 3 aromatic rings. The number of nitrogens with one attached hydrogen (secondary N) is 2. The zero-order valence-corrected chi connectivity index (χ0v) is 21.2. The average Bonchev–Trinajstić information content (AvgIpc) is 3.28. The lowest BCUT2D eigenvalue weighted by molar-refractivity contribution is -0.119. The first-order valence-electron chi connectivity index (χ1n) is 10.7. The Morgan fingerprint density at radius 1 is 0.941 bits per heavy atom. The maximum atomic E-state index is 12.4. The molecule has 34 heavy (non-hydrogen) atoms. The van der Waals surface area contributed by atoms with Crippen LogP contribution in [0.1, 0.15) is 41.5 Å². The molecule has 180 valence electrons. The van der Waals surface area contributed by atoms with Crippen molar-refractivity contribution in [2.24, 2.45) is 0 Å². The van der Waals surface area contributed by atoms with Gasteiger partial charge in [-0.2, -0.15) is 0 Å². The van der Waals surface area contributed by atoms with Gasteiger partial charge in [-0.05, 0) is 36.8 Å². The second-order valence-electron chi connectivity index (χ2n) is 6.45. The Morgan fingerprint density at radius 3 is 2.35 bits per heavy atom. The van der Waals surface area contributed by atoms with Crippen LogP contribution < -0.4 is 10.0 Å². The van der Waals surface area contributed by atoms with Crippen LogP contribution in [0.4, 0.5) is 10.7 Å². The third-order valence-corrected chi connectivity index (χ3v) is 5.73. The topological polar surface area (TPSA) is 93.7 Å². The third kappa shape index (κ3) is 7.64. The Balaban J connectivity index is 0.00000199. The highest BCUT2D eigenvalue weighted by molar-refractivity contribution is 7.99. The number of hydrogen-bond donors (Lipinski definition) is 2. The molecule has 1 aromatic heterocycles. The fourth-order valence-corrected chi connectivity index (χ4v) is 4.22. The van der Waals surface area contributed by atoms with E-state index in [1.807, 2.05) is 56.5 Å². The lowest BCUT2D eigenvalue weighted by Crippen LogP contribution is -2.21. The number of benzene rings is 2. The summed E-state index contributed by atoms with van der Waals surface area (Å²) in [6.07, 6.45) is 1.87. The van der Waals surface area contributed by atoms with Crippen LogP contribution in [-0.2, 0) is 14.3 Å². The highest BCUT2D eigenvalue weighted by Gasteiger charge is 2.20. The van der Waals surface area contributed by atoms with Crippen molar-refractivity contribution < 1.29 is 23.9 Å². The summed E-state index contributed by atoms with van der Waals surface area (Å²) < 4.78 is 13.3. The van der Waals surface area contributed by atoms with Gasteiger partial charge in [0.05, 0.1) is 17.7 Å². The molecule has 2 aromatic carbocycles. The van der Waals surface area contributed by atoms with Gasteiger partial charge in [0, 0.05) is 16.8 Å². The van der Waals surface area contributed by atoms with Crippen LogP contribution in [0.2, 0.25) is 0 Å². The first-order valence-corrected chi connectivity index (χ1v) is 12.8. The lowest BCUT2D eigenvalue weighted by Gasteiger charge is -2.08. The van der Waals surface area contributed by atoms with Gasteiger partial charge in [-0.15, -0.1) is 11.3 Å². The van der Waals surface area contributed by atoms with Gasteiger partial charge in [-0.25, -0.2) is 9.59 Å². The molecule has 9 heteroatoms. The van der Waals surface area contributed by atoms with Crippen molar-refractivity contribution in [1.29, 1.82) is 0 Å². The average molecular weight is 501 g/mol. The Bertz CT molecular complexity index is 1100. The molecule has 0 radical (unpaired) electrons. The molecule has 0 fully saturated rings. The van der Waals surface area contributed by atoms with E-state index in [2.05, 4.69) is 10.0 Å². The number of ether oxygens (including phenoxy) is 2. The Labute approximate surface area is 208 Å². The molecule has 2 N–H and O–H groups in total. The van der Waals surface area contributed by atoms with Crippen LogP contribution in [0.25, 0.3) is 10.4 Å². The first kappa shape index (κ1) is 26.9. The molecule has 0 spiro atoms. The molecule has 0 aliphatic carbocycles. The molecule has 0 aliphatic rings. The van der Waals surface area contributed by atoms with E-state index in [1.165, 1.54) is 23.3 Å². The summed E-state index contributed by atoms with van der Waals surface area (Å²) in [5, 5.41) is 3.01. The number of esters is 2. The minimum absolute atomic E-state index is 0.213. The van der Waals surface area contributed by atoms with Gasteiger partial charge in [-0.1, -0.05) is 62.2 Å². The van der Waals surface area contributed by atoms with Gasteiger partial charge in [-0.3, -0.25) is 4.79 Å². The predicted molar refractivity (Wildman–Crippen MR) is 140 cm³/mol. The number of thiophene rings is 1. The van der Waals surface area contributed by atoms with E-state index in [0.29, 0.717) is 10.6 Å². The third-order valence-electron chi connectivity index (χ3n) is 4.19. The van der Waals surface area contributed by atoms with Crippen molar-refractivity contribution in [2.75, 3.05) is 29.5 Å². The van der Waals surface area contributed by atoms with Crippen molar-refractivity contribution in [3.05, 3.63) is 71.8 Å². The van der Waals surface area contributed by atoms with Gasteiger partial charge in [0.2, 0.25) is 0 Å². The standard InChI is InChI=1S/C23H22N2O5S2.C2H6/c1-3-29-23(28)18-13-19(15-8-5-4-6-9-15)32-21(18)24-20(26)14-30-22(27)16-10-7-11-17(12-16)25-31-2;1-2/h4-13,25H,3,14H2,1-2H3,(H,24,26);1-2H3. The summed E-state index contributed by atoms with van der Waals surface area (Å²) in [6, 6.07) is 18.0. The summed E-state index contributed by atoms with van der Waals surface area (Å²) in [4.78, 5) is 37.9. The Hall–Kier alpha value is -3.30. The molecule has 3 rings (SSSR count). The monoisotopic (exact) mass is 500 g/mol. The molecule has 0 unspecified atom stereocenters. The van der Waals surface area contributed by atoms with Crippen molar-refractivity contribution in [2.45, 2.75) is 20.8 Å². The van der Waals surface area contributed by atoms with Crippen molar-refractivity contribution in [3.63, 3.8) is 0 Å². The largest absolute Gasteiger partial charge is 0.462 e. The fraction of sp³-hybridized carbons (Fsp3) is 0.240. The molecular formula is C25H28N2O5S2. The van der Waals surface area contributed by atoms with E-state index in [1.54, 1.807) is 31.2 Å². The quantitative estimate of drug-likeness (QED) is 0.271.